The van der Waals surface area contributed by atoms with Crippen molar-refractivity contribution in [1.82, 2.24) is 5.32 Å². The highest BCUT2D eigenvalue weighted by molar-refractivity contribution is 6.08. The van der Waals surface area contributed by atoms with Gasteiger partial charge >= 0.3 is 0 Å². The molecule has 316 valence electrons. The van der Waals surface area contributed by atoms with E-state index < -0.39 is 41.4 Å². The lowest BCUT2D eigenvalue weighted by molar-refractivity contribution is 0.0943. The molecule has 0 spiro atoms. The van der Waals surface area contributed by atoms with Gasteiger partial charge < -0.3 is 45.5 Å². The van der Waals surface area contributed by atoms with E-state index in [1.54, 1.807) is 54.6 Å². The van der Waals surface area contributed by atoms with Crippen molar-refractivity contribution in [2.75, 3.05) is 7.05 Å². The van der Waals surface area contributed by atoms with Gasteiger partial charge in [0.15, 0.2) is 0 Å². The van der Waals surface area contributed by atoms with Crippen LogP contribution in [0.5, 0.6) is 0 Å². The van der Waals surface area contributed by atoms with Gasteiger partial charge in [-0.05, 0) is 76.9 Å². The summed E-state index contributed by atoms with van der Waals surface area (Å²) in [7, 11) is 1.50. The monoisotopic (exact) mass is 836 g/mol. The van der Waals surface area contributed by atoms with E-state index in [1.807, 2.05) is 0 Å². The molecule has 0 unspecified atom stereocenters. The molecule has 0 saturated carbocycles. The van der Waals surface area contributed by atoms with Crippen molar-refractivity contribution >= 4 is 64.1 Å². The van der Waals surface area contributed by atoms with Gasteiger partial charge in [-0.15, -0.1) is 0 Å². The van der Waals surface area contributed by atoms with Crippen LogP contribution >= 0.6 is 0 Å². The van der Waals surface area contributed by atoms with Crippen LogP contribution in [0.15, 0.2) is 140 Å². The van der Waals surface area contributed by atoms with E-state index in [0.717, 1.165) is 6.42 Å². The summed E-state index contributed by atoms with van der Waals surface area (Å²) in [6.07, 6.45) is 5.53. The molecule has 0 aromatic heterocycles. The van der Waals surface area contributed by atoms with E-state index in [4.69, 9.17) is 40.1 Å². The predicted octanol–water partition coefficient (Wildman–Crippen LogP) is 3.21. The molecule has 0 bridgehead atoms. The molecule has 0 aliphatic heterocycles. The number of carbonyl (C=O) groups is 8. The lowest BCUT2D eigenvalue weighted by Crippen LogP contribution is -2.23. The minimum Gasteiger partial charge on any atom is -0.366 e. The molecule has 7 rings (SSSR count). The molecule has 1 aliphatic rings. The summed E-state index contributed by atoms with van der Waals surface area (Å²) in [5, 5.41) is 5.23. The first-order chi connectivity index (χ1) is 29.5. The second-order valence-electron chi connectivity index (χ2n) is 12.8. The maximum atomic E-state index is 11.2. The number of primary amides is 7. The van der Waals surface area contributed by atoms with Crippen LogP contribution in [0.1, 0.15) is 94.0 Å². The van der Waals surface area contributed by atoms with Crippen LogP contribution in [0.2, 0.25) is 0 Å². The van der Waals surface area contributed by atoms with Crippen LogP contribution in [0.4, 0.5) is 0 Å². The summed E-state index contributed by atoms with van der Waals surface area (Å²) in [6, 6.07) is 37.9. The fourth-order valence-electron chi connectivity index (χ4n) is 5.84. The minimum absolute atomic E-state index is 0.157. The number of hydrogen-bond donors (Lipinski definition) is 8. The lowest BCUT2D eigenvalue weighted by atomic mass is 9.93. The first-order valence-electron chi connectivity index (χ1n) is 18.3. The molecule has 0 saturated heterocycles. The quantitative estimate of drug-likeness (QED) is 0.112. The number of hydrogen-bond acceptors (Lipinski definition) is 8. The fourth-order valence-corrected chi connectivity index (χ4v) is 5.84. The number of benzene rings is 6. The highest BCUT2D eigenvalue weighted by Gasteiger charge is 2.14. The standard InChI is InChI=1S/C13H10.C9H10N2O2.3C8H8N2O2/c1-4-10-6-2-8-12-9-3-7-11(5-1)13(10)12;1-11-9(13)7-5-3-2-4-6(7)8(10)12;3*9-7(11)5-3-1-2-4-6(5)8(10)12/h1-8H,9H2;2-5H,1H3,(H2,10,12)(H,11,13);3*1-4H,(H2,9,11)(H2,10,12). The van der Waals surface area contributed by atoms with Gasteiger partial charge in [-0.3, -0.25) is 38.4 Å². The Bertz CT molecular complexity index is 2430. The second kappa shape index (κ2) is 22.9. The SMILES string of the molecule is C1=Cc2cccc3cccc(c23)C1.CNC(=O)c1ccccc1C(N)=O.NC(=O)c1ccccc1C(N)=O.NC(=O)c1ccccc1C(N)=O.NC(=O)c1ccccc1C(N)=O. The average molecular weight is 837 g/mol. The van der Waals surface area contributed by atoms with Gasteiger partial charge in [0.25, 0.3) is 5.91 Å². The summed E-state index contributed by atoms with van der Waals surface area (Å²) in [4.78, 5) is 86.5. The Morgan fingerprint density at radius 1 is 0.387 bits per heavy atom. The maximum Gasteiger partial charge on any atom is 0.251 e. The summed E-state index contributed by atoms with van der Waals surface area (Å²) in [5.74, 6) is -4.80. The Morgan fingerprint density at radius 3 is 0.984 bits per heavy atom. The van der Waals surface area contributed by atoms with Gasteiger partial charge in [0, 0.05) is 7.05 Å². The number of nitrogens with one attached hydrogen (secondary N) is 1. The normalized spacial score (nSPS) is 10.2. The zero-order chi connectivity index (χ0) is 45.9. The van der Waals surface area contributed by atoms with E-state index in [-0.39, 0.29) is 44.9 Å². The third-order valence-corrected chi connectivity index (χ3v) is 8.70. The van der Waals surface area contributed by atoms with Crippen molar-refractivity contribution in [3.63, 3.8) is 0 Å². The zero-order valence-corrected chi connectivity index (χ0v) is 33.4. The van der Waals surface area contributed by atoms with Gasteiger partial charge in [-0.2, -0.15) is 0 Å². The Labute approximate surface area is 355 Å². The maximum absolute atomic E-state index is 11.2. The molecular formula is C46H44N8O8. The van der Waals surface area contributed by atoms with Crippen molar-refractivity contribution in [2.24, 2.45) is 40.1 Å². The molecule has 62 heavy (non-hydrogen) atoms. The topological polar surface area (TPSA) is 331 Å². The Hall–Kier alpha value is -8.92. The molecule has 6 aromatic carbocycles. The van der Waals surface area contributed by atoms with E-state index in [1.165, 1.54) is 71.4 Å². The Morgan fingerprint density at radius 2 is 0.677 bits per heavy atom. The summed E-state index contributed by atoms with van der Waals surface area (Å²) < 4.78 is 0. The van der Waals surface area contributed by atoms with E-state index in [0.29, 0.717) is 5.56 Å². The van der Waals surface area contributed by atoms with Gasteiger partial charge in [0.2, 0.25) is 41.4 Å². The van der Waals surface area contributed by atoms with Crippen molar-refractivity contribution in [3.05, 3.63) is 195 Å². The van der Waals surface area contributed by atoms with Gasteiger partial charge in [-0.1, -0.05) is 97.1 Å². The molecule has 0 atom stereocenters. The van der Waals surface area contributed by atoms with Crippen molar-refractivity contribution in [3.8, 4) is 0 Å². The number of rotatable bonds is 8. The first-order valence-corrected chi connectivity index (χ1v) is 18.3. The molecule has 16 heteroatoms. The Balaban J connectivity index is 0.000000207. The first kappa shape index (κ1) is 47.5. The molecule has 6 aromatic rings. The van der Waals surface area contributed by atoms with Crippen molar-refractivity contribution < 1.29 is 38.4 Å². The Kier molecular flexibility index (Phi) is 17.5. The fraction of sp³-hybridized carbons (Fsp3) is 0.0435. The van der Waals surface area contributed by atoms with Crippen molar-refractivity contribution in [1.29, 1.82) is 0 Å². The average Bonchev–Trinajstić information content (AvgIpc) is 3.27. The lowest BCUT2D eigenvalue weighted by Gasteiger charge is -2.11. The molecule has 0 heterocycles. The zero-order valence-electron chi connectivity index (χ0n) is 33.4. The molecule has 15 N–H and O–H groups in total. The largest absolute Gasteiger partial charge is 0.366 e. The molecule has 1 aliphatic carbocycles. The minimum atomic E-state index is -0.649. The van der Waals surface area contributed by atoms with Gasteiger partial charge in [0.1, 0.15) is 0 Å². The number of carbonyl (C=O) groups excluding carboxylic acids is 8. The third kappa shape index (κ3) is 13.0. The summed E-state index contributed by atoms with van der Waals surface area (Å²) in [6.45, 7) is 0. The van der Waals surface area contributed by atoms with Crippen LogP contribution in [-0.4, -0.2) is 54.3 Å². The number of nitrogens with two attached hydrogens (primary N) is 7. The summed E-state index contributed by atoms with van der Waals surface area (Å²) in [5.41, 5.74) is 39.4. The molecular weight excluding hydrogens is 793 g/mol. The number of allylic oxidation sites excluding steroid dienone is 1. The van der Waals surface area contributed by atoms with Gasteiger partial charge in [0.05, 0.1) is 44.5 Å². The summed E-state index contributed by atoms with van der Waals surface area (Å²) >= 11 is 0. The number of amides is 8. The van der Waals surface area contributed by atoms with Crippen LogP contribution in [0.25, 0.3) is 16.8 Å². The van der Waals surface area contributed by atoms with E-state index in [2.05, 4.69) is 53.9 Å². The van der Waals surface area contributed by atoms with Crippen LogP contribution < -0.4 is 45.5 Å². The van der Waals surface area contributed by atoms with E-state index >= 15 is 0 Å². The molecule has 0 radical (unpaired) electrons. The van der Waals surface area contributed by atoms with Crippen LogP contribution in [0, 0.1) is 0 Å². The van der Waals surface area contributed by atoms with Crippen LogP contribution in [0.3, 0.4) is 0 Å². The van der Waals surface area contributed by atoms with Crippen LogP contribution in [-0.2, 0) is 6.42 Å². The van der Waals surface area contributed by atoms with Gasteiger partial charge in [-0.25, -0.2) is 0 Å². The molecule has 0 fully saturated rings. The second-order valence-corrected chi connectivity index (χ2v) is 12.8. The highest BCUT2D eigenvalue weighted by atomic mass is 16.2. The third-order valence-electron chi connectivity index (χ3n) is 8.70. The molecule has 16 nitrogen and oxygen atoms in total. The smallest absolute Gasteiger partial charge is 0.251 e. The van der Waals surface area contributed by atoms with Crippen molar-refractivity contribution in [2.45, 2.75) is 6.42 Å². The predicted molar refractivity (Wildman–Crippen MR) is 235 cm³/mol. The van der Waals surface area contributed by atoms with E-state index in [9.17, 15) is 38.4 Å². The highest BCUT2D eigenvalue weighted by Crippen LogP contribution is 2.27. The molecule has 8 amide bonds.